The molecule has 112 valence electrons. The van der Waals surface area contributed by atoms with Crippen molar-refractivity contribution in [2.75, 3.05) is 6.54 Å². The molecule has 3 amide bonds. The fourth-order valence-electron chi connectivity index (χ4n) is 1.97. The molecule has 5 N–H and O–H groups in total. The second-order valence-electron chi connectivity index (χ2n) is 5.07. The highest BCUT2D eigenvalue weighted by Gasteiger charge is 2.43. The highest BCUT2D eigenvalue weighted by atomic mass is 16.5. The van der Waals surface area contributed by atoms with Crippen LogP contribution in [-0.2, 0) is 20.9 Å². The Morgan fingerprint density at radius 1 is 1.33 bits per heavy atom. The number of alkyl carbamates (subject to hydrolysis) is 1. The number of quaternary nitrogens is 1. The molecule has 7 heteroatoms. The number of imide groups is 1. The summed E-state index contributed by atoms with van der Waals surface area (Å²) < 4.78 is 5.04. The maximum absolute atomic E-state index is 11.7. The number of hydrogen-bond donors (Lipinski definition) is 3. The summed E-state index contributed by atoms with van der Waals surface area (Å²) in [5.74, 6) is -0.784. The van der Waals surface area contributed by atoms with Crippen LogP contribution >= 0.6 is 0 Å². The second kappa shape index (κ2) is 6.36. The summed E-state index contributed by atoms with van der Waals surface area (Å²) in [6.07, 6.45) is -0.0985. The highest BCUT2D eigenvalue weighted by molar-refractivity contribution is 6.02. The van der Waals surface area contributed by atoms with Gasteiger partial charge in [0.15, 0.2) is 5.54 Å². The first-order valence-corrected chi connectivity index (χ1v) is 6.64. The molecule has 0 radical (unpaired) electrons. The molecular formula is C14H18N3O4+. The van der Waals surface area contributed by atoms with Crippen LogP contribution in [0.2, 0.25) is 0 Å². The summed E-state index contributed by atoms with van der Waals surface area (Å²) in [4.78, 5) is 34.4. The van der Waals surface area contributed by atoms with Gasteiger partial charge in [-0.2, -0.15) is 0 Å². The molecule has 21 heavy (non-hydrogen) atoms. The van der Waals surface area contributed by atoms with E-state index < -0.39 is 17.5 Å². The minimum atomic E-state index is -1.03. The van der Waals surface area contributed by atoms with Gasteiger partial charge in [0.05, 0.1) is 6.54 Å². The van der Waals surface area contributed by atoms with E-state index in [1.807, 2.05) is 30.3 Å². The van der Waals surface area contributed by atoms with Gasteiger partial charge in [0, 0.05) is 12.8 Å². The van der Waals surface area contributed by atoms with Crippen LogP contribution in [0.5, 0.6) is 0 Å². The number of hydrogen-bond acceptors (Lipinski definition) is 4. The van der Waals surface area contributed by atoms with Gasteiger partial charge in [-0.3, -0.25) is 14.9 Å². The number of rotatable bonds is 4. The standard InChI is InChI=1S/C14H17N3O4/c15-14(7-6-11(18)17-12(14)19)9-16-13(20)21-8-10-4-2-1-3-5-10/h1-5H,6-9,15H2,(H,16,20)(H,17,18,19)/p+1. The summed E-state index contributed by atoms with van der Waals surface area (Å²) in [6, 6.07) is 9.27. The Bertz CT molecular complexity index is 546. The Kier molecular flexibility index (Phi) is 4.54. The molecule has 0 saturated carbocycles. The molecule has 7 nitrogen and oxygen atoms in total. The van der Waals surface area contributed by atoms with Crippen molar-refractivity contribution in [3.8, 4) is 0 Å². The maximum Gasteiger partial charge on any atom is 0.407 e. The van der Waals surface area contributed by atoms with E-state index in [2.05, 4.69) is 16.4 Å². The summed E-state index contributed by atoms with van der Waals surface area (Å²) in [5.41, 5.74) is 3.65. The summed E-state index contributed by atoms with van der Waals surface area (Å²) in [5, 5.41) is 4.73. The van der Waals surface area contributed by atoms with Gasteiger partial charge in [-0.05, 0) is 5.56 Å². The number of ether oxygens (including phenoxy) is 1. The van der Waals surface area contributed by atoms with Gasteiger partial charge in [0.1, 0.15) is 6.61 Å². The van der Waals surface area contributed by atoms with Gasteiger partial charge in [0.25, 0.3) is 5.91 Å². The van der Waals surface area contributed by atoms with Gasteiger partial charge in [0.2, 0.25) is 5.91 Å². The average molecular weight is 292 g/mol. The van der Waals surface area contributed by atoms with Gasteiger partial charge in [-0.15, -0.1) is 0 Å². The molecule has 1 heterocycles. The number of carbonyl (C=O) groups excluding carboxylic acids is 3. The molecule has 1 aromatic rings. The molecule has 1 fully saturated rings. The lowest BCUT2D eigenvalue weighted by atomic mass is 9.90. The zero-order valence-corrected chi connectivity index (χ0v) is 11.6. The summed E-state index contributed by atoms with van der Waals surface area (Å²) in [7, 11) is 0. The normalized spacial score (nSPS) is 21.6. The first-order valence-electron chi connectivity index (χ1n) is 6.64. The molecule has 0 bridgehead atoms. The lowest BCUT2D eigenvalue weighted by Crippen LogP contribution is -2.83. The Morgan fingerprint density at radius 3 is 2.71 bits per heavy atom. The third-order valence-corrected chi connectivity index (χ3v) is 3.35. The Morgan fingerprint density at radius 2 is 2.05 bits per heavy atom. The fourth-order valence-corrected chi connectivity index (χ4v) is 1.97. The number of benzene rings is 1. The zero-order valence-electron chi connectivity index (χ0n) is 11.6. The molecule has 1 unspecified atom stereocenters. The average Bonchev–Trinajstić information content (AvgIpc) is 2.49. The summed E-state index contributed by atoms with van der Waals surface area (Å²) >= 11 is 0. The number of carbonyl (C=O) groups is 3. The fraction of sp³-hybridized carbons (Fsp3) is 0.357. The minimum Gasteiger partial charge on any atom is -0.445 e. The predicted octanol–water partition coefficient (Wildman–Crippen LogP) is -0.670. The van der Waals surface area contributed by atoms with E-state index >= 15 is 0 Å². The highest BCUT2D eigenvalue weighted by Crippen LogP contribution is 2.12. The van der Waals surface area contributed by atoms with E-state index in [9.17, 15) is 14.4 Å². The Labute approximate surface area is 121 Å². The quantitative estimate of drug-likeness (QED) is 0.639. The van der Waals surface area contributed by atoms with Crippen molar-refractivity contribution < 1.29 is 24.9 Å². The van der Waals surface area contributed by atoms with E-state index in [0.717, 1.165) is 5.56 Å². The van der Waals surface area contributed by atoms with E-state index in [-0.39, 0.29) is 25.5 Å². The molecule has 0 aliphatic carbocycles. The Hall–Kier alpha value is -2.41. The van der Waals surface area contributed by atoms with Crippen LogP contribution in [0.3, 0.4) is 0 Å². The van der Waals surface area contributed by atoms with Gasteiger partial charge in [-0.1, -0.05) is 30.3 Å². The minimum absolute atomic E-state index is 0.0275. The molecule has 1 saturated heterocycles. The molecule has 1 aliphatic heterocycles. The van der Waals surface area contributed by atoms with Crippen molar-refractivity contribution in [2.45, 2.75) is 25.0 Å². The molecule has 0 aromatic heterocycles. The topological polar surface area (TPSA) is 112 Å². The lowest BCUT2D eigenvalue weighted by Gasteiger charge is -2.27. The van der Waals surface area contributed by atoms with Crippen LogP contribution < -0.4 is 16.4 Å². The third kappa shape index (κ3) is 4.03. The molecule has 1 aromatic carbocycles. The number of piperidine rings is 1. The molecule has 1 atom stereocenters. The largest absolute Gasteiger partial charge is 0.445 e. The lowest BCUT2D eigenvalue weighted by molar-refractivity contribution is -0.457. The zero-order chi connectivity index (χ0) is 15.3. The predicted molar refractivity (Wildman–Crippen MR) is 72.6 cm³/mol. The molecule has 1 aliphatic rings. The van der Waals surface area contributed by atoms with Crippen molar-refractivity contribution >= 4 is 17.9 Å². The SMILES string of the molecule is [NH3+]C1(CNC(=O)OCc2ccccc2)CCC(=O)NC1=O. The molecular weight excluding hydrogens is 274 g/mol. The van der Waals surface area contributed by atoms with Crippen molar-refractivity contribution in [1.82, 2.24) is 10.6 Å². The van der Waals surface area contributed by atoms with Crippen molar-refractivity contribution in [1.29, 1.82) is 0 Å². The van der Waals surface area contributed by atoms with Crippen LogP contribution in [0.1, 0.15) is 18.4 Å². The van der Waals surface area contributed by atoms with Crippen LogP contribution in [0.15, 0.2) is 30.3 Å². The van der Waals surface area contributed by atoms with Crippen LogP contribution in [0.4, 0.5) is 4.79 Å². The van der Waals surface area contributed by atoms with E-state index in [4.69, 9.17) is 4.74 Å². The second-order valence-corrected chi connectivity index (χ2v) is 5.07. The smallest absolute Gasteiger partial charge is 0.407 e. The van der Waals surface area contributed by atoms with Gasteiger partial charge in [-0.25, -0.2) is 4.79 Å². The number of amides is 3. The van der Waals surface area contributed by atoms with Crippen LogP contribution in [0.25, 0.3) is 0 Å². The van der Waals surface area contributed by atoms with Crippen LogP contribution in [-0.4, -0.2) is 30.0 Å². The first-order chi connectivity index (χ1) is 9.99. The monoisotopic (exact) mass is 292 g/mol. The first kappa shape index (κ1) is 15.0. The van der Waals surface area contributed by atoms with Gasteiger partial charge < -0.3 is 15.8 Å². The molecule has 0 spiro atoms. The maximum atomic E-state index is 11.7. The van der Waals surface area contributed by atoms with Gasteiger partial charge >= 0.3 is 6.09 Å². The van der Waals surface area contributed by atoms with E-state index in [1.54, 1.807) is 0 Å². The van der Waals surface area contributed by atoms with E-state index in [0.29, 0.717) is 6.42 Å². The summed E-state index contributed by atoms with van der Waals surface area (Å²) in [6.45, 7) is 0.182. The molecule has 2 rings (SSSR count). The van der Waals surface area contributed by atoms with E-state index in [1.165, 1.54) is 0 Å². The van der Waals surface area contributed by atoms with Crippen LogP contribution in [0, 0.1) is 0 Å². The van der Waals surface area contributed by atoms with Crippen molar-refractivity contribution in [2.24, 2.45) is 0 Å². The number of nitrogens with one attached hydrogen (secondary N) is 2. The van der Waals surface area contributed by atoms with Crippen molar-refractivity contribution in [3.63, 3.8) is 0 Å². The third-order valence-electron chi connectivity index (χ3n) is 3.35. The Balaban J connectivity index is 1.78. The van der Waals surface area contributed by atoms with Crippen molar-refractivity contribution in [3.05, 3.63) is 35.9 Å².